The molecular weight excluding hydrogens is 228 g/mol. The molecule has 18 heavy (non-hydrogen) atoms. The van der Waals surface area contributed by atoms with E-state index in [1.807, 2.05) is 56.3 Å². The molecule has 0 bridgehead atoms. The van der Waals surface area contributed by atoms with Gasteiger partial charge >= 0.3 is 0 Å². The molecule has 2 unspecified atom stereocenters. The average molecular weight is 246 g/mol. The van der Waals surface area contributed by atoms with Gasteiger partial charge in [0.25, 0.3) is 0 Å². The van der Waals surface area contributed by atoms with Crippen molar-refractivity contribution >= 4 is 5.78 Å². The first-order chi connectivity index (χ1) is 8.65. The molecule has 0 radical (unpaired) electrons. The van der Waals surface area contributed by atoms with Crippen molar-refractivity contribution in [1.29, 1.82) is 0 Å². The maximum Gasteiger partial charge on any atom is 0.194 e. The van der Waals surface area contributed by atoms with Crippen LogP contribution in [0.15, 0.2) is 42.5 Å². The Morgan fingerprint density at radius 1 is 1.39 bits per heavy atom. The van der Waals surface area contributed by atoms with Crippen LogP contribution in [0.25, 0.3) is 0 Å². The summed E-state index contributed by atoms with van der Waals surface area (Å²) in [5.74, 6) is 0.0147. The van der Waals surface area contributed by atoms with Crippen LogP contribution in [0.1, 0.15) is 30.6 Å². The molecule has 0 aromatic heterocycles. The number of rotatable bonds is 3. The SMILES string of the molecule is C/C=C/C1OCCC(C)(C(=O)c2ccccc2)O1. The van der Waals surface area contributed by atoms with Crippen LogP contribution in [0.2, 0.25) is 0 Å². The molecule has 3 heteroatoms. The van der Waals surface area contributed by atoms with Gasteiger partial charge in [0.05, 0.1) is 6.61 Å². The first-order valence-corrected chi connectivity index (χ1v) is 6.18. The number of benzene rings is 1. The fraction of sp³-hybridized carbons (Fsp3) is 0.400. The summed E-state index contributed by atoms with van der Waals surface area (Å²) in [5.41, 5.74) is -0.120. The van der Waals surface area contributed by atoms with Gasteiger partial charge in [-0.15, -0.1) is 0 Å². The second-order valence-electron chi connectivity index (χ2n) is 4.56. The van der Waals surface area contributed by atoms with E-state index in [0.29, 0.717) is 18.6 Å². The van der Waals surface area contributed by atoms with Crippen molar-refractivity contribution in [2.45, 2.75) is 32.2 Å². The van der Waals surface area contributed by atoms with Crippen molar-refractivity contribution in [3.63, 3.8) is 0 Å². The molecule has 0 saturated carbocycles. The summed E-state index contributed by atoms with van der Waals surface area (Å²) in [6, 6.07) is 9.25. The Labute approximate surface area is 107 Å². The molecular formula is C15H18O3. The van der Waals surface area contributed by atoms with Crippen molar-refractivity contribution in [3.05, 3.63) is 48.0 Å². The molecule has 2 atom stereocenters. The molecule has 1 aromatic rings. The lowest BCUT2D eigenvalue weighted by Crippen LogP contribution is -2.46. The Morgan fingerprint density at radius 3 is 2.78 bits per heavy atom. The summed E-state index contributed by atoms with van der Waals surface area (Å²) < 4.78 is 11.2. The van der Waals surface area contributed by atoms with Crippen LogP contribution in [-0.4, -0.2) is 24.3 Å². The van der Waals surface area contributed by atoms with Gasteiger partial charge in [-0.25, -0.2) is 0 Å². The third-order valence-corrected chi connectivity index (χ3v) is 3.10. The van der Waals surface area contributed by atoms with Crippen molar-refractivity contribution in [2.24, 2.45) is 0 Å². The third-order valence-electron chi connectivity index (χ3n) is 3.10. The number of allylic oxidation sites excluding steroid dienone is 1. The van der Waals surface area contributed by atoms with Gasteiger partial charge in [-0.3, -0.25) is 4.79 Å². The molecule has 2 rings (SSSR count). The maximum atomic E-state index is 12.5. The van der Waals surface area contributed by atoms with E-state index in [1.54, 1.807) is 0 Å². The second-order valence-corrected chi connectivity index (χ2v) is 4.56. The highest BCUT2D eigenvalue weighted by molar-refractivity contribution is 6.02. The molecule has 0 spiro atoms. The summed E-state index contributed by atoms with van der Waals surface area (Å²) in [5, 5.41) is 0. The standard InChI is InChI=1S/C15H18O3/c1-3-7-13-17-11-10-15(2,18-13)14(16)12-8-5-4-6-9-12/h3-9,13H,10-11H2,1-2H3/b7-3+. The van der Waals surface area contributed by atoms with Crippen LogP contribution in [0.4, 0.5) is 0 Å². The second kappa shape index (κ2) is 5.46. The van der Waals surface area contributed by atoms with Crippen LogP contribution in [0.5, 0.6) is 0 Å². The monoisotopic (exact) mass is 246 g/mol. The molecule has 0 N–H and O–H groups in total. The number of ether oxygens (including phenoxy) is 2. The highest BCUT2D eigenvalue weighted by Gasteiger charge is 2.39. The minimum Gasteiger partial charge on any atom is -0.349 e. The van der Waals surface area contributed by atoms with E-state index in [4.69, 9.17) is 9.47 Å². The normalized spacial score (nSPS) is 28.4. The van der Waals surface area contributed by atoms with E-state index in [1.165, 1.54) is 0 Å². The van der Waals surface area contributed by atoms with E-state index in [2.05, 4.69) is 0 Å². The van der Waals surface area contributed by atoms with Gasteiger partial charge in [-0.1, -0.05) is 36.4 Å². The molecule has 1 fully saturated rings. The molecule has 1 aliphatic heterocycles. The predicted octanol–water partition coefficient (Wildman–Crippen LogP) is 2.97. The van der Waals surface area contributed by atoms with Gasteiger partial charge in [-0.2, -0.15) is 0 Å². The zero-order valence-electron chi connectivity index (χ0n) is 10.8. The number of carbonyl (C=O) groups is 1. The first kappa shape index (κ1) is 13.0. The van der Waals surface area contributed by atoms with Crippen LogP contribution in [0, 0.1) is 0 Å². The molecule has 1 heterocycles. The highest BCUT2D eigenvalue weighted by atomic mass is 16.7. The molecule has 1 saturated heterocycles. The molecule has 1 aromatic carbocycles. The topological polar surface area (TPSA) is 35.5 Å². The zero-order chi connectivity index (χ0) is 13.0. The van der Waals surface area contributed by atoms with Crippen LogP contribution in [-0.2, 0) is 9.47 Å². The lowest BCUT2D eigenvalue weighted by molar-refractivity contribution is -0.209. The van der Waals surface area contributed by atoms with E-state index >= 15 is 0 Å². The summed E-state index contributed by atoms with van der Waals surface area (Å²) in [6.45, 7) is 4.27. The summed E-state index contributed by atoms with van der Waals surface area (Å²) in [4.78, 5) is 12.5. The Kier molecular flexibility index (Phi) is 3.94. The number of carbonyl (C=O) groups excluding carboxylic acids is 1. The number of ketones is 1. The third kappa shape index (κ3) is 2.68. The molecule has 1 aliphatic rings. The minimum absolute atomic E-state index is 0.0147. The van der Waals surface area contributed by atoms with Gasteiger partial charge in [0.2, 0.25) is 0 Å². The van der Waals surface area contributed by atoms with Crippen LogP contribution < -0.4 is 0 Å². The molecule has 0 aliphatic carbocycles. The number of Topliss-reactive ketones (excluding diaryl/α,β-unsaturated/α-hetero) is 1. The van der Waals surface area contributed by atoms with Gasteiger partial charge in [0.1, 0.15) is 5.60 Å². The fourth-order valence-electron chi connectivity index (χ4n) is 2.03. The zero-order valence-corrected chi connectivity index (χ0v) is 10.8. The van der Waals surface area contributed by atoms with Gasteiger partial charge in [-0.05, 0) is 19.9 Å². The Hall–Kier alpha value is -1.45. The smallest absolute Gasteiger partial charge is 0.194 e. The lowest BCUT2D eigenvalue weighted by Gasteiger charge is -2.36. The largest absolute Gasteiger partial charge is 0.349 e. The molecule has 3 nitrogen and oxygen atoms in total. The van der Waals surface area contributed by atoms with Gasteiger partial charge in [0.15, 0.2) is 12.1 Å². The van der Waals surface area contributed by atoms with E-state index in [0.717, 1.165) is 0 Å². The molecule has 0 amide bonds. The average Bonchev–Trinajstić information content (AvgIpc) is 2.39. The van der Waals surface area contributed by atoms with Crippen molar-refractivity contribution in [3.8, 4) is 0 Å². The van der Waals surface area contributed by atoms with Crippen LogP contribution >= 0.6 is 0 Å². The molecule has 96 valence electrons. The lowest BCUT2D eigenvalue weighted by atomic mass is 9.91. The Bertz CT molecular complexity index is 438. The predicted molar refractivity (Wildman–Crippen MR) is 69.4 cm³/mol. The van der Waals surface area contributed by atoms with Crippen molar-refractivity contribution in [2.75, 3.05) is 6.61 Å². The van der Waals surface area contributed by atoms with E-state index in [-0.39, 0.29) is 5.78 Å². The van der Waals surface area contributed by atoms with Gasteiger partial charge in [0, 0.05) is 12.0 Å². The minimum atomic E-state index is -0.802. The highest BCUT2D eigenvalue weighted by Crippen LogP contribution is 2.28. The summed E-state index contributed by atoms with van der Waals surface area (Å²) >= 11 is 0. The number of hydrogen-bond acceptors (Lipinski definition) is 3. The van der Waals surface area contributed by atoms with Crippen molar-refractivity contribution in [1.82, 2.24) is 0 Å². The van der Waals surface area contributed by atoms with E-state index < -0.39 is 11.9 Å². The van der Waals surface area contributed by atoms with Crippen LogP contribution in [0.3, 0.4) is 0 Å². The number of hydrogen-bond donors (Lipinski definition) is 0. The van der Waals surface area contributed by atoms with E-state index in [9.17, 15) is 4.79 Å². The maximum absolute atomic E-state index is 12.5. The summed E-state index contributed by atoms with van der Waals surface area (Å²) in [6.07, 6.45) is 3.83. The summed E-state index contributed by atoms with van der Waals surface area (Å²) in [7, 11) is 0. The fourth-order valence-corrected chi connectivity index (χ4v) is 2.03. The first-order valence-electron chi connectivity index (χ1n) is 6.18. The quantitative estimate of drug-likeness (QED) is 0.607. The Morgan fingerprint density at radius 2 is 2.11 bits per heavy atom. The van der Waals surface area contributed by atoms with Crippen molar-refractivity contribution < 1.29 is 14.3 Å². The Balaban J connectivity index is 2.18. The van der Waals surface area contributed by atoms with Gasteiger partial charge < -0.3 is 9.47 Å².